The van der Waals surface area contributed by atoms with Gasteiger partial charge in [0.2, 0.25) is 0 Å². The smallest absolute Gasteiger partial charge is 0.0679 e. The Hall–Kier alpha value is -0.0800. The zero-order chi connectivity index (χ0) is 10.0. The van der Waals surface area contributed by atoms with Crippen LogP contribution in [-0.2, 0) is 0 Å². The first-order valence-electron chi connectivity index (χ1n) is 5.43. The first-order chi connectivity index (χ1) is 6.02. The van der Waals surface area contributed by atoms with Crippen LogP contribution in [0.5, 0.6) is 0 Å². The normalized spacial score (nSPS) is 29.5. The Morgan fingerprint density at radius 2 is 1.69 bits per heavy atom. The third kappa shape index (κ3) is 2.68. The van der Waals surface area contributed by atoms with Gasteiger partial charge in [0.05, 0.1) is 6.10 Å². The minimum absolute atomic E-state index is 0.120. The number of aliphatic hydroxyl groups excluding tert-OH is 1. The maximum atomic E-state index is 9.45. The van der Waals surface area contributed by atoms with Crippen molar-refractivity contribution in [1.82, 2.24) is 5.32 Å². The van der Waals surface area contributed by atoms with Crippen LogP contribution in [-0.4, -0.2) is 23.8 Å². The summed E-state index contributed by atoms with van der Waals surface area (Å²) in [5, 5.41) is 12.9. The van der Waals surface area contributed by atoms with Crippen molar-refractivity contribution in [3.8, 4) is 0 Å². The van der Waals surface area contributed by atoms with E-state index < -0.39 is 0 Å². The lowest BCUT2D eigenvalue weighted by atomic mass is 9.79. The van der Waals surface area contributed by atoms with Gasteiger partial charge >= 0.3 is 0 Å². The van der Waals surface area contributed by atoms with Gasteiger partial charge in [-0.05, 0) is 24.2 Å². The van der Waals surface area contributed by atoms with Crippen LogP contribution in [0.2, 0.25) is 0 Å². The van der Waals surface area contributed by atoms with Crippen molar-refractivity contribution in [1.29, 1.82) is 0 Å². The van der Waals surface area contributed by atoms with E-state index in [1.165, 1.54) is 0 Å². The molecule has 0 spiro atoms. The van der Waals surface area contributed by atoms with Crippen molar-refractivity contribution in [3.63, 3.8) is 0 Å². The summed E-state index contributed by atoms with van der Waals surface area (Å²) >= 11 is 0. The van der Waals surface area contributed by atoms with Crippen LogP contribution >= 0.6 is 0 Å². The quantitative estimate of drug-likeness (QED) is 0.700. The zero-order valence-electron chi connectivity index (χ0n) is 9.25. The van der Waals surface area contributed by atoms with E-state index in [1.807, 2.05) is 0 Å². The van der Waals surface area contributed by atoms with E-state index in [-0.39, 0.29) is 6.10 Å². The van der Waals surface area contributed by atoms with Crippen LogP contribution in [0.25, 0.3) is 0 Å². The third-order valence-corrected chi connectivity index (χ3v) is 3.15. The Kier molecular flexibility index (Phi) is 3.74. The molecule has 0 saturated carbocycles. The van der Waals surface area contributed by atoms with Gasteiger partial charge < -0.3 is 10.4 Å². The molecule has 78 valence electrons. The van der Waals surface area contributed by atoms with Crippen LogP contribution in [0, 0.1) is 17.8 Å². The molecule has 0 aromatic rings. The van der Waals surface area contributed by atoms with E-state index in [0.717, 1.165) is 13.0 Å². The maximum absolute atomic E-state index is 9.45. The second kappa shape index (κ2) is 4.43. The summed E-state index contributed by atoms with van der Waals surface area (Å²) in [6, 6.07) is 0.523. The van der Waals surface area contributed by atoms with Crippen molar-refractivity contribution in [3.05, 3.63) is 0 Å². The second-order valence-corrected chi connectivity index (χ2v) is 4.97. The van der Waals surface area contributed by atoms with Crippen molar-refractivity contribution in [2.24, 2.45) is 17.8 Å². The highest BCUT2D eigenvalue weighted by molar-refractivity contribution is 4.88. The molecule has 1 aliphatic heterocycles. The van der Waals surface area contributed by atoms with Gasteiger partial charge in [0, 0.05) is 12.6 Å². The molecule has 2 N–H and O–H groups in total. The molecule has 0 bridgehead atoms. The molecule has 0 aliphatic carbocycles. The lowest BCUT2D eigenvalue weighted by Gasteiger charge is -2.30. The number of hydrogen-bond acceptors (Lipinski definition) is 2. The fourth-order valence-corrected chi connectivity index (χ4v) is 2.74. The standard InChI is InChI=1S/C11H23NO/c1-7(2)11(8(3)4)10-5-9(13)6-12-10/h7-13H,5-6H2,1-4H3. The van der Waals surface area contributed by atoms with Crippen LogP contribution in [0.4, 0.5) is 0 Å². The van der Waals surface area contributed by atoms with Crippen molar-refractivity contribution >= 4 is 0 Å². The molecule has 2 heteroatoms. The molecule has 1 saturated heterocycles. The molecule has 0 amide bonds. The van der Waals surface area contributed by atoms with Crippen LogP contribution < -0.4 is 5.32 Å². The van der Waals surface area contributed by atoms with Gasteiger partial charge in [0.15, 0.2) is 0 Å². The Morgan fingerprint density at radius 3 is 2.00 bits per heavy atom. The van der Waals surface area contributed by atoms with E-state index in [1.54, 1.807) is 0 Å². The summed E-state index contributed by atoms with van der Waals surface area (Å²) < 4.78 is 0. The van der Waals surface area contributed by atoms with E-state index >= 15 is 0 Å². The minimum atomic E-state index is -0.120. The van der Waals surface area contributed by atoms with Crippen LogP contribution in [0.3, 0.4) is 0 Å². The summed E-state index contributed by atoms with van der Waals surface area (Å²) in [4.78, 5) is 0. The first-order valence-corrected chi connectivity index (χ1v) is 5.43. The van der Waals surface area contributed by atoms with E-state index in [0.29, 0.717) is 23.8 Å². The Labute approximate surface area is 81.7 Å². The number of rotatable bonds is 3. The number of aliphatic hydroxyl groups is 1. The molecular weight excluding hydrogens is 162 g/mol. The molecule has 2 atom stereocenters. The molecule has 2 nitrogen and oxygen atoms in total. The third-order valence-electron chi connectivity index (χ3n) is 3.15. The molecular formula is C11H23NO. The summed E-state index contributed by atoms with van der Waals surface area (Å²) in [5.41, 5.74) is 0. The fraction of sp³-hybridized carbons (Fsp3) is 1.00. The van der Waals surface area contributed by atoms with Crippen molar-refractivity contribution in [2.75, 3.05) is 6.54 Å². The lowest BCUT2D eigenvalue weighted by molar-refractivity contribution is 0.173. The highest BCUT2D eigenvalue weighted by Gasteiger charge is 2.32. The summed E-state index contributed by atoms with van der Waals surface area (Å²) in [5.74, 6) is 2.09. The molecule has 0 aromatic carbocycles. The zero-order valence-corrected chi connectivity index (χ0v) is 9.25. The molecule has 1 heterocycles. The van der Waals surface area contributed by atoms with Gasteiger partial charge in [0.1, 0.15) is 0 Å². The highest BCUT2D eigenvalue weighted by Crippen LogP contribution is 2.28. The summed E-state index contributed by atoms with van der Waals surface area (Å²) in [6.07, 6.45) is 0.811. The highest BCUT2D eigenvalue weighted by atomic mass is 16.3. The average molecular weight is 185 g/mol. The van der Waals surface area contributed by atoms with E-state index in [9.17, 15) is 5.11 Å². The van der Waals surface area contributed by atoms with Crippen LogP contribution in [0.15, 0.2) is 0 Å². The lowest BCUT2D eigenvalue weighted by Crippen LogP contribution is -2.36. The monoisotopic (exact) mass is 185 g/mol. The fourth-order valence-electron chi connectivity index (χ4n) is 2.74. The SMILES string of the molecule is CC(C)C(C(C)C)C1CC(O)CN1. The Balaban J connectivity index is 2.55. The van der Waals surface area contributed by atoms with E-state index in [2.05, 4.69) is 33.0 Å². The molecule has 2 unspecified atom stereocenters. The van der Waals surface area contributed by atoms with Crippen molar-refractivity contribution in [2.45, 2.75) is 46.3 Å². The average Bonchev–Trinajstić information content (AvgIpc) is 2.34. The van der Waals surface area contributed by atoms with Gasteiger partial charge in [-0.3, -0.25) is 0 Å². The predicted octanol–water partition coefficient (Wildman–Crippen LogP) is 1.64. The second-order valence-electron chi connectivity index (χ2n) is 4.97. The predicted molar refractivity (Wildman–Crippen MR) is 55.6 cm³/mol. The molecule has 0 aromatic heterocycles. The Morgan fingerprint density at radius 1 is 1.15 bits per heavy atom. The largest absolute Gasteiger partial charge is 0.392 e. The van der Waals surface area contributed by atoms with Gasteiger partial charge in [0.25, 0.3) is 0 Å². The minimum Gasteiger partial charge on any atom is -0.392 e. The first kappa shape index (κ1) is 11.0. The van der Waals surface area contributed by atoms with E-state index in [4.69, 9.17) is 0 Å². The number of hydrogen-bond donors (Lipinski definition) is 2. The number of β-amino-alcohol motifs (C(OH)–C–C–N with tert-alkyl or cyclic N) is 1. The topological polar surface area (TPSA) is 32.3 Å². The molecule has 1 rings (SSSR count). The molecule has 0 radical (unpaired) electrons. The molecule has 13 heavy (non-hydrogen) atoms. The maximum Gasteiger partial charge on any atom is 0.0679 e. The Bertz CT molecular complexity index is 148. The van der Waals surface area contributed by atoms with Crippen LogP contribution in [0.1, 0.15) is 34.1 Å². The van der Waals surface area contributed by atoms with Crippen molar-refractivity contribution < 1.29 is 5.11 Å². The van der Waals surface area contributed by atoms with Gasteiger partial charge in [-0.2, -0.15) is 0 Å². The van der Waals surface area contributed by atoms with Gasteiger partial charge in [-0.1, -0.05) is 27.7 Å². The number of nitrogens with one attached hydrogen (secondary N) is 1. The summed E-state index contributed by atoms with van der Waals surface area (Å²) in [6.45, 7) is 9.88. The summed E-state index contributed by atoms with van der Waals surface area (Å²) in [7, 11) is 0. The van der Waals surface area contributed by atoms with Gasteiger partial charge in [-0.15, -0.1) is 0 Å². The molecule has 1 fully saturated rings. The van der Waals surface area contributed by atoms with Gasteiger partial charge in [-0.25, -0.2) is 0 Å². The molecule has 1 aliphatic rings.